The van der Waals surface area contributed by atoms with Gasteiger partial charge >= 0.3 is 0 Å². The zero-order valence-electron chi connectivity index (χ0n) is 14.9. The Morgan fingerprint density at radius 3 is 2.05 bits per heavy atom. The largest absolute Gasteiger partial charge is 0.503 e. The van der Waals surface area contributed by atoms with Gasteiger partial charge in [0, 0.05) is 0 Å². The van der Waals surface area contributed by atoms with E-state index in [9.17, 15) is 9.90 Å². The average Bonchev–Trinajstić information content (AvgIpc) is 2.28. The molecule has 0 saturated heterocycles. The van der Waals surface area contributed by atoms with Crippen LogP contribution in [0.3, 0.4) is 0 Å². The minimum absolute atomic E-state index is 0.0351. The number of allylic oxidation sites excluding steroid dienone is 1. The highest BCUT2D eigenvalue weighted by molar-refractivity contribution is 6.71. The van der Waals surface area contributed by atoms with Crippen LogP contribution in [-0.4, -0.2) is 43.1 Å². The van der Waals surface area contributed by atoms with E-state index in [0.29, 0.717) is 6.42 Å². The van der Waals surface area contributed by atoms with Crippen molar-refractivity contribution in [1.29, 1.82) is 0 Å². The molecular formula is C14H33NO4Si3. The van der Waals surface area contributed by atoms with Gasteiger partial charge in [0.1, 0.15) is 5.91 Å². The molecule has 0 spiro atoms. The van der Waals surface area contributed by atoms with Crippen molar-refractivity contribution in [2.75, 3.05) is 0 Å². The van der Waals surface area contributed by atoms with E-state index in [2.05, 4.69) is 39.3 Å². The number of aliphatic hydroxyl groups is 1. The summed E-state index contributed by atoms with van der Waals surface area (Å²) in [5.74, 6) is -1.06. The van der Waals surface area contributed by atoms with Gasteiger partial charge in [-0.1, -0.05) is 12.5 Å². The average molecular weight is 364 g/mol. The highest BCUT2D eigenvalue weighted by atomic mass is 28.4. The number of primary amides is 1. The van der Waals surface area contributed by atoms with Gasteiger partial charge in [0.05, 0.1) is 9.52 Å². The fourth-order valence-electron chi connectivity index (χ4n) is 1.90. The lowest BCUT2D eigenvalue weighted by Crippen LogP contribution is -2.42. The molecular weight excluding hydrogens is 330 g/mol. The normalized spacial score (nSPS) is 14.2. The Balaban J connectivity index is 4.13. The molecule has 22 heavy (non-hydrogen) atoms. The molecule has 130 valence electrons. The molecule has 1 amide bonds. The number of nitrogens with two attached hydrogens (primary N) is 1. The molecule has 0 aromatic heterocycles. The van der Waals surface area contributed by atoms with Crippen molar-refractivity contribution in [3.63, 3.8) is 0 Å². The van der Waals surface area contributed by atoms with E-state index in [4.69, 9.17) is 14.6 Å². The van der Waals surface area contributed by atoms with Crippen molar-refractivity contribution in [1.82, 2.24) is 0 Å². The smallest absolute Gasteiger partial charge is 0.283 e. The Bertz CT molecular complexity index is 359. The Kier molecular flexibility index (Phi) is 9.48. The van der Waals surface area contributed by atoms with Crippen LogP contribution in [0.4, 0.5) is 0 Å². The molecule has 0 saturated carbocycles. The van der Waals surface area contributed by atoms with Crippen LogP contribution in [-0.2, 0) is 13.6 Å². The predicted molar refractivity (Wildman–Crippen MR) is 99.8 cm³/mol. The summed E-state index contributed by atoms with van der Waals surface area (Å²) < 4.78 is 12.4. The van der Waals surface area contributed by atoms with Gasteiger partial charge < -0.3 is 19.7 Å². The third kappa shape index (κ3) is 13.3. The van der Waals surface area contributed by atoms with Crippen molar-refractivity contribution in [3.8, 4) is 0 Å². The number of hydrogen-bond acceptors (Lipinski definition) is 4. The van der Waals surface area contributed by atoms with Crippen LogP contribution < -0.4 is 5.73 Å². The monoisotopic (exact) mass is 363 g/mol. The number of carbonyl (C=O) groups excluding carboxylic acids is 1. The second kappa shape index (κ2) is 9.66. The van der Waals surface area contributed by atoms with E-state index in [1.165, 1.54) is 6.08 Å². The molecule has 0 aliphatic rings. The van der Waals surface area contributed by atoms with Crippen LogP contribution in [0.2, 0.25) is 45.3 Å². The van der Waals surface area contributed by atoms with Gasteiger partial charge in [-0.05, 0) is 58.2 Å². The Morgan fingerprint density at radius 2 is 1.64 bits per heavy atom. The highest BCUT2D eigenvalue weighted by Gasteiger charge is 2.26. The lowest BCUT2D eigenvalue weighted by atomic mass is 10.2. The lowest BCUT2D eigenvalue weighted by Gasteiger charge is -2.31. The van der Waals surface area contributed by atoms with Crippen LogP contribution in [0.25, 0.3) is 0 Å². The summed E-state index contributed by atoms with van der Waals surface area (Å²) in [7, 11) is -3.62. The van der Waals surface area contributed by atoms with E-state index in [0.717, 1.165) is 18.9 Å². The molecule has 0 heterocycles. The maximum Gasteiger partial charge on any atom is 0.283 e. The maximum absolute atomic E-state index is 10.7. The third-order valence-corrected chi connectivity index (χ3v) is 7.02. The molecule has 0 atom stereocenters. The lowest BCUT2D eigenvalue weighted by molar-refractivity contribution is -0.116. The van der Waals surface area contributed by atoms with Gasteiger partial charge in [0.25, 0.3) is 5.91 Å². The first-order chi connectivity index (χ1) is 9.91. The van der Waals surface area contributed by atoms with E-state index in [1.54, 1.807) is 0 Å². The number of aliphatic hydroxyl groups excluding tert-OH is 1. The third-order valence-electron chi connectivity index (χ3n) is 2.70. The van der Waals surface area contributed by atoms with Gasteiger partial charge in [-0.15, -0.1) is 0 Å². The molecule has 0 aromatic carbocycles. The van der Waals surface area contributed by atoms with Crippen LogP contribution in [0.15, 0.2) is 11.8 Å². The summed E-state index contributed by atoms with van der Waals surface area (Å²) in [6.07, 6.45) is 4.18. The van der Waals surface area contributed by atoms with E-state index < -0.39 is 32.1 Å². The number of rotatable bonds is 11. The van der Waals surface area contributed by atoms with Crippen molar-refractivity contribution in [2.24, 2.45) is 5.73 Å². The fourth-order valence-corrected chi connectivity index (χ4v) is 8.59. The summed E-state index contributed by atoms with van der Waals surface area (Å²) in [6.45, 7) is 13.2. The standard InChI is InChI=1S/C14H33NO4Si3/c1-21(2,3)18-14(19-22(4,5)6)20-11-9-7-8-10-12(16)13(15)17/h10,14,16H,7-9,11,20H2,1-6H3,(H2,15,17). The number of amides is 1. The maximum atomic E-state index is 10.7. The van der Waals surface area contributed by atoms with Gasteiger partial charge in [0.15, 0.2) is 22.4 Å². The van der Waals surface area contributed by atoms with E-state index >= 15 is 0 Å². The summed E-state index contributed by atoms with van der Waals surface area (Å²) in [4.78, 5) is 10.7. The molecule has 5 nitrogen and oxygen atoms in total. The minimum Gasteiger partial charge on any atom is -0.503 e. The zero-order valence-corrected chi connectivity index (χ0v) is 18.4. The first-order valence-electron chi connectivity index (χ1n) is 7.95. The second-order valence-corrected chi connectivity index (χ2v) is 18.4. The Hall–Kier alpha value is -0.419. The molecule has 0 fully saturated rings. The molecule has 8 heteroatoms. The predicted octanol–water partition coefficient (Wildman–Crippen LogP) is 2.66. The first kappa shape index (κ1) is 21.6. The van der Waals surface area contributed by atoms with Gasteiger partial charge in [-0.2, -0.15) is 0 Å². The first-order valence-corrected chi connectivity index (χ1v) is 16.6. The van der Waals surface area contributed by atoms with E-state index in [1.807, 2.05) is 0 Å². The molecule has 0 aliphatic carbocycles. The minimum atomic E-state index is -1.58. The van der Waals surface area contributed by atoms with Crippen LogP contribution in [0.5, 0.6) is 0 Å². The number of unbranched alkanes of at least 4 members (excludes halogenated alkanes) is 2. The summed E-state index contributed by atoms with van der Waals surface area (Å²) >= 11 is 0. The van der Waals surface area contributed by atoms with Crippen molar-refractivity contribution >= 4 is 32.1 Å². The zero-order chi connectivity index (χ0) is 17.4. The van der Waals surface area contributed by atoms with Gasteiger partial charge in [0.2, 0.25) is 0 Å². The quantitative estimate of drug-likeness (QED) is 0.194. The molecule has 3 N–H and O–H groups in total. The van der Waals surface area contributed by atoms with Crippen LogP contribution in [0.1, 0.15) is 19.3 Å². The van der Waals surface area contributed by atoms with Crippen molar-refractivity contribution < 1.29 is 18.8 Å². The van der Waals surface area contributed by atoms with E-state index in [-0.39, 0.29) is 11.7 Å². The Labute approximate surface area is 139 Å². The summed E-state index contributed by atoms with van der Waals surface area (Å²) in [5, 5.41) is 9.19. The summed E-state index contributed by atoms with van der Waals surface area (Å²) in [5.41, 5.74) is 4.96. The van der Waals surface area contributed by atoms with Crippen molar-refractivity contribution in [2.45, 2.75) is 70.5 Å². The van der Waals surface area contributed by atoms with Gasteiger partial charge in [-0.3, -0.25) is 4.79 Å². The SMILES string of the molecule is C[Si](C)(C)OC(O[Si](C)(C)C)[SiH2]CCCCC=C(O)C(N)=O. The molecule has 0 aliphatic heterocycles. The topological polar surface area (TPSA) is 81.8 Å². The van der Waals surface area contributed by atoms with Crippen molar-refractivity contribution in [3.05, 3.63) is 11.8 Å². The van der Waals surface area contributed by atoms with Crippen LogP contribution >= 0.6 is 0 Å². The van der Waals surface area contributed by atoms with Gasteiger partial charge in [-0.25, -0.2) is 0 Å². The Morgan fingerprint density at radius 1 is 1.14 bits per heavy atom. The summed E-state index contributed by atoms with van der Waals surface area (Å²) in [6, 6.07) is 1.14. The van der Waals surface area contributed by atoms with Crippen LogP contribution in [0, 0.1) is 0 Å². The molecule has 0 unspecified atom stereocenters. The highest BCUT2D eigenvalue weighted by Crippen LogP contribution is 2.15. The number of hydrogen-bond donors (Lipinski definition) is 2. The molecule has 0 radical (unpaired) electrons. The second-order valence-electron chi connectivity index (χ2n) is 7.48. The fraction of sp³-hybridized carbons (Fsp3) is 0.786. The number of carbonyl (C=O) groups is 1. The molecule has 0 rings (SSSR count). The molecule has 0 bridgehead atoms. The molecule has 0 aromatic rings.